The van der Waals surface area contributed by atoms with Crippen molar-refractivity contribution in [2.24, 2.45) is 7.05 Å². The zero-order valence-electron chi connectivity index (χ0n) is 12.0. The summed E-state index contributed by atoms with van der Waals surface area (Å²) in [4.78, 5) is 15.7. The molecule has 0 bridgehead atoms. The van der Waals surface area contributed by atoms with E-state index in [-0.39, 0.29) is 11.9 Å². The number of likely N-dealkylation sites (tertiary alicyclic amines) is 1. The smallest absolute Gasteiger partial charge is 0.228 e. The number of carbonyl (C=O) groups excluding carboxylic acids is 1. The van der Waals surface area contributed by atoms with Gasteiger partial charge in [-0.15, -0.1) is 11.3 Å². The molecule has 1 amide bonds. The van der Waals surface area contributed by atoms with Crippen LogP contribution in [0.3, 0.4) is 0 Å². The van der Waals surface area contributed by atoms with Crippen molar-refractivity contribution >= 4 is 28.8 Å². The van der Waals surface area contributed by atoms with E-state index in [0.29, 0.717) is 6.42 Å². The van der Waals surface area contributed by atoms with E-state index in [1.54, 1.807) is 6.20 Å². The summed E-state index contributed by atoms with van der Waals surface area (Å²) in [7, 11) is 1.94. The molecule has 6 heteroatoms. The predicted molar refractivity (Wildman–Crippen MR) is 84.5 cm³/mol. The van der Waals surface area contributed by atoms with E-state index in [9.17, 15) is 4.79 Å². The minimum Gasteiger partial charge on any atom is -0.334 e. The molecule has 0 aromatic carbocycles. The fourth-order valence-corrected chi connectivity index (χ4v) is 4.02. The number of carbonyl (C=O) groups is 1. The van der Waals surface area contributed by atoms with Crippen molar-refractivity contribution in [3.63, 3.8) is 0 Å². The molecule has 3 rings (SSSR count). The molecule has 0 radical (unpaired) electrons. The lowest BCUT2D eigenvalue weighted by molar-refractivity contribution is -0.134. The summed E-state index contributed by atoms with van der Waals surface area (Å²) in [6.07, 6.45) is 5.48. The summed E-state index contributed by atoms with van der Waals surface area (Å²) >= 11 is 7.42. The van der Waals surface area contributed by atoms with Crippen molar-refractivity contribution in [1.82, 2.24) is 14.7 Å². The summed E-state index contributed by atoms with van der Waals surface area (Å²) in [5.74, 6) is 0.180. The fraction of sp³-hybridized carbons (Fsp3) is 0.467. The summed E-state index contributed by atoms with van der Waals surface area (Å²) in [5.41, 5.74) is 1.12. The van der Waals surface area contributed by atoms with Crippen LogP contribution in [-0.4, -0.2) is 27.1 Å². The van der Waals surface area contributed by atoms with E-state index in [1.807, 2.05) is 34.8 Å². The molecule has 1 atom stereocenters. The first-order valence-corrected chi connectivity index (χ1v) is 8.36. The first kappa shape index (κ1) is 14.6. The second-order valence-corrected chi connectivity index (χ2v) is 7.16. The van der Waals surface area contributed by atoms with Gasteiger partial charge in [0.1, 0.15) is 0 Å². The summed E-state index contributed by atoms with van der Waals surface area (Å²) in [6, 6.07) is 5.95. The highest BCUT2D eigenvalue weighted by Gasteiger charge is 2.29. The van der Waals surface area contributed by atoms with Crippen LogP contribution in [0.15, 0.2) is 24.4 Å². The molecule has 0 N–H and O–H groups in total. The van der Waals surface area contributed by atoms with Crippen LogP contribution in [-0.2, 0) is 18.3 Å². The Morgan fingerprint density at radius 3 is 2.95 bits per heavy atom. The van der Waals surface area contributed by atoms with Crippen LogP contribution in [0.2, 0.25) is 4.34 Å². The van der Waals surface area contributed by atoms with E-state index >= 15 is 0 Å². The molecular formula is C15H18ClN3OS. The van der Waals surface area contributed by atoms with Crippen molar-refractivity contribution in [3.8, 4) is 0 Å². The van der Waals surface area contributed by atoms with Crippen molar-refractivity contribution in [1.29, 1.82) is 0 Å². The van der Waals surface area contributed by atoms with Crippen LogP contribution in [0.4, 0.5) is 0 Å². The second-order valence-electron chi connectivity index (χ2n) is 5.36. The first-order chi connectivity index (χ1) is 10.1. The van der Waals surface area contributed by atoms with Gasteiger partial charge in [-0.25, -0.2) is 0 Å². The predicted octanol–water partition coefficient (Wildman–Crippen LogP) is 3.43. The molecule has 1 aliphatic heterocycles. The number of hydrogen-bond acceptors (Lipinski definition) is 3. The maximum absolute atomic E-state index is 12.7. The van der Waals surface area contributed by atoms with Gasteiger partial charge >= 0.3 is 0 Å². The fourth-order valence-electron chi connectivity index (χ4n) is 2.95. The van der Waals surface area contributed by atoms with Gasteiger partial charge in [0.25, 0.3) is 0 Å². The maximum atomic E-state index is 12.7. The van der Waals surface area contributed by atoms with Gasteiger partial charge in [-0.1, -0.05) is 11.6 Å². The van der Waals surface area contributed by atoms with E-state index in [1.165, 1.54) is 11.3 Å². The quantitative estimate of drug-likeness (QED) is 0.868. The molecule has 3 heterocycles. The standard InChI is InChI=1S/C15H18ClN3OS/c1-18-12(7-8-17-18)13-4-2-3-9-19(13)15(20)10-11-5-6-14(16)21-11/h5-8,13H,2-4,9-10H2,1H3. The Morgan fingerprint density at radius 1 is 1.43 bits per heavy atom. The number of aromatic nitrogens is 2. The molecule has 1 fully saturated rings. The van der Waals surface area contributed by atoms with E-state index in [4.69, 9.17) is 11.6 Å². The number of amides is 1. The highest BCUT2D eigenvalue weighted by molar-refractivity contribution is 7.16. The Morgan fingerprint density at radius 2 is 2.29 bits per heavy atom. The Balaban J connectivity index is 1.77. The van der Waals surface area contributed by atoms with Crippen LogP contribution >= 0.6 is 22.9 Å². The summed E-state index contributed by atoms with van der Waals surface area (Å²) in [6.45, 7) is 0.827. The van der Waals surface area contributed by atoms with Crippen molar-refractivity contribution < 1.29 is 4.79 Å². The minimum atomic E-state index is 0.147. The largest absolute Gasteiger partial charge is 0.334 e. The van der Waals surface area contributed by atoms with Gasteiger partial charge in [-0.3, -0.25) is 9.48 Å². The third kappa shape index (κ3) is 3.14. The average molecular weight is 324 g/mol. The lowest BCUT2D eigenvalue weighted by atomic mass is 9.98. The van der Waals surface area contributed by atoms with E-state index in [2.05, 4.69) is 5.10 Å². The van der Waals surface area contributed by atoms with Crippen molar-refractivity contribution in [3.05, 3.63) is 39.3 Å². The van der Waals surface area contributed by atoms with Crippen LogP contribution in [0.5, 0.6) is 0 Å². The van der Waals surface area contributed by atoms with Crippen molar-refractivity contribution in [2.75, 3.05) is 6.54 Å². The highest BCUT2D eigenvalue weighted by Crippen LogP contribution is 2.31. The van der Waals surface area contributed by atoms with Crippen LogP contribution in [0.25, 0.3) is 0 Å². The third-order valence-corrected chi connectivity index (χ3v) is 5.21. The topological polar surface area (TPSA) is 38.1 Å². The number of nitrogens with zero attached hydrogens (tertiary/aromatic N) is 3. The average Bonchev–Trinajstić information content (AvgIpc) is 3.07. The van der Waals surface area contributed by atoms with Crippen LogP contribution in [0, 0.1) is 0 Å². The van der Waals surface area contributed by atoms with Crippen LogP contribution < -0.4 is 0 Å². The van der Waals surface area contributed by atoms with Gasteiger partial charge in [-0.05, 0) is 37.5 Å². The number of thiophene rings is 1. The molecule has 0 aliphatic carbocycles. The maximum Gasteiger partial charge on any atom is 0.228 e. The molecule has 0 saturated carbocycles. The number of rotatable bonds is 3. The Bertz CT molecular complexity index is 636. The first-order valence-electron chi connectivity index (χ1n) is 7.17. The minimum absolute atomic E-state index is 0.147. The zero-order valence-corrected chi connectivity index (χ0v) is 13.5. The monoisotopic (exact) mass is 323 g/mol. The van der Waals surface area contributed by atoms with Gasteiger partial charge in [0.05, 0.1) is 22.5 Å². The summed E-state index contributed by atoms with van der Waals surface area (Å²) in [5, 5.41) is 4.24. The van der Waals surface area contributed by atoms with Gasteiger partial charge < -0.3 is 4.90 Å². The summed E-state index contributed by atoms with van der Waals surface area (Å²) < 4.78 is 2.61. The Hall–Kier alpha value is -1.33. The lowest BCUT2D eigenvalue weighted by Crippen LogP contribution is -2.40. The number of piperidine rings is 1. The van der Waals surface area contributed by atoms with Crippen molar-refractivity contribution in [2.45, 2.75) is 31.7 Å². The zero-order chi connectivity index (χ0) is 14.8. The number of halogens is 1. The molecule has 1 saturated heterocycles. The van der Waals surface area contributed by atoms with Gasteiger partial charge in [-0.2, -0.15) is 5.10 Å². The number of hydrogen-bond donors (Lipinski definition) is 0. The van der Waals surface area contributed by atoms with Gasteiger partial charge in [0.2, 0.25) is 5.91 Å². The Kier molecular flexibility index (Phi) is 4.31. The Labute approximate surface area is 133 Å². The third-order valence-electron chi connectivity index (χ3n) is 3.98. The lowest BCUT2D eigenvalue weighted by Gasteiger charge is -2.35. The van der Waals surface area contributed by atoms with Gasteiger partial charge in [0.15, 0.2) is 0 Å². The van der Waals surface area contributed by atoms with E-state index in [0.717, 1.165) is 40.7 Å². The highest BCUT2D eigenvalue weighted by atomic mass is 35.5. The molecule has 0 spiro atoms. The molecule has 1 unspecified atom stereocenters. The molecule has 21 heavy (non-hydrogen) atoms. The molecule has 1 aliphatic rings. The van der Waals surface area contributed by atoms with Crippen LogP contribution in [0.1, 0.15) is 35.9 Å². The van der Waals surface area contributed by atoms with E-state index < -0.39 is 0 Å². The SMILES string of the molecule is Cn1nccc1C1CCCCN1C(=O)Cc1ccc(Cl)s1. The number of aryl methyl sites for hydroxylation is 1. The second kappa shape index (κ2) is 6.20. The molecular weight excluding hydrogens is 306 g/mol. The molecule has 112 valence electrons. The molecule has 2 aromatic heterocycles. The van der Waals surface area contributed by atoms with Gasteiger partial charge in [0, 0.05) is 24.7 Å². The normalized spacial score (nSPS) is 19.0. The molecule has 2 aromatic rings. The molecule has 4 nitrogen and oxygen atoms in total.